The summed E-state index contributed by atoms with van der Waals surface area (Å²) in [5, 5.41) is 9.68. The Morgan fingerprint density at radius 3 is 2.50 bits per heavy atom. The van der Waals surface area contributed by atoms with E-state index in [-0.39, 0.29) is 23.8 Å². The molecule has 0 aliphatic heterocycles. The quantitative estimate of drug-likeness (QED) is 0.506. The lowest BCUT2D eigenvalue weighted by Gasteiger charge is -2.19. The van der Waals surface area contributed by atoms with Crippen molar-refractivity contribution in [3.8, 4) is 0 Å². The van der Waals surface area contributed by atoms with Gasteiger partial charge in [0.05, 0.1) is 12.8 Å². The highest BCUT2D eigenvalue weighted by atomic mass is 32.1. The molecular formula is C22H23N3O2S. The lowest BCUT2D eigenvalue weighted by atomic mass is 9.87. The summed E-state index contributed by atoms with van der Waals surface area (Å²) in [6.07, 6.45) is 1.61. The molecule has 3 rings (SSSR count). The van der Waals surface area contributed by atoms with Crippen LogP contribution in [0.15, 0.2) is 59.0 Å². The molecule has 5 nitrogen and oxygen atoms in total. The Balaban J connectivity index is 1.50. The molecule has 28 heavy (non-hydrogen) atoms. The van der Waals surface area contributed by atoms with Gasteiger partial charge in [0.25, 0.3) is 11.8 Å². The molecule has 1 aromatic heterocycles. The Morgan fingerprint density at radius 2 is 1.79 bits per heavy atom. The number of carbonyl (C=O) groups excluding carboxylic acids is 2. The molecule has 0 saturated carbocycles. The monoisotopic (exact) mass is 393 g/mol. The van der Waals surface area contributed by atoms with Gasteiger partial charge in [-0.05, 0) is 29.2 Å². The largest absolute Gasteiger partial charge is 0.343 e. The number of hydrogen-bond acceptors (Lipinski definition) is 4. The van der Waals surface area contributed by atoms with Crippen LogP contribution in [0.5, 0.6) is 0 Å². The van der Waals surface area contributed by atoms with Crippen molar-refractivity contribution in [1.82, 2.24) is 10.7 Å². The zero-order valence-corrected chi connectivity index (χ0v) is 17.0. The van der Waals surface area contributed by atoms with Crippen LogP contribution in [-0.2, 0) is 10.2 Å². The molecule has 0 radical (unpaired) electrons. The number of nitrogens with one attached hydrogen (secondary N) is 2. The van der Waals surface area contributed by atoms with Crippen molar-refractivity contribution >= 4 is 39.5 Å². The van der Waals surface area contributed by atoms with E-state index >= 15 is 0 Å². The van der Waals surface area contributed by atoms with Gasteiger partial charge in [0.2, 0.25) is 0 Å². The minimum Gasteiger partial charge on any atom is -0.343 e. The number of thiophene rings is 1. The summed E-state index contributed by atoms with van der Waals surface area (Å²) < 4.78 is 1.17. The number of nitrogens with zero attached hydrogens (tertiary/aromatic N) is 1. The van der Waals surface area contributed by atoms with Crippen LogP contribution < -0.4 is 10.7 Å². The molecule has 0 aliphatic rings. The van der Waals surface area contributed by atoms with Gasteiger partial charge in [-0.15, -0.1) is 11.3 Å². The Morgan fingerprint density at radius 1 is 1.07 bits per heavy atom. The highest BCUT2D eigenvalue weighted by Crippen LogP contribution is 2.24. The Kier molecular flexibility index (Phi) is 5.90. The van der Waals surface area contributed by atoms with Gasteiger partial charge in [-0.1, -0.05) is 51.1 Å². The molecule has 0 fully saturated rings. The Labute approximate surface area is 168 Å². The second-order valence-electron chi connectivity index (χ2n) is 7.49. The highest BCUT2D eigenvalue weighted by Gasteiger charge is 2.14. The molecule has 2 amide bonds. The molecule has 1 heterocycles. The lowest BCUT2D eigenvalue weighted by Crippen LogP contribution is -2.34. The zero-order chi connectivity index (χ0) is 20.1. The summed E-state index contributed by atoms with van der Waals surface area (Å²) in [5.41, 5.74) is 5.09. The molecule has 0 saturated heterocycles. The Hall–Kier alpha value is -2.99. The molecule has 0 atom stereocenters. The summed E-state index contributed by atoms with van der Waals surface area (Å²) in [5.74, 6) is -0.668. The standard InChI is InChI=1S/C22H23N3O2S/c1-22(2,3)17-10-8-15(9-11-17)21(27)23-13-20(26)25-24-12-16-14-28-19-7-5-4-6-18(16)19/h4-12,14H,13H2,1-3H3,(H,23,27)(H,25,26)/b24-12+. The predicted octanol–water partition coefficient (Wildman–Crippen LogP) is 4.08. The smallest absolute Gasteiger partial charge is 0.259 e. The minimum absolute atomic E-state index is 0.0284. The van der Waals surface area contributed by atoms with Crippen LogP contribution in [0, 0.1) is 0 Å². The zero-order valence-electron chi connectivity index (χ0n) is 16.2. The first-order chi connectivity index (χ1) is 13.3. The van der Waals surface area contributed by atoms with Gasteiger partial charge in [0.15, 0.2) is 0 Å². The van der Waals surface area contributed by atoms with E-state index in [1.165, 1.54) is 4.70 Å². The van der Waals surface area contributed by atoms with Crippen LogP contribution in [-0.4, -0.2) is 24.6 Å². The average Bonchev–Trinajstić information content (AvgIpc) is 3.09. The van der Waals surface area contributed by atoms with Crippen molar-refractivity contribution in [2.45, 2.75) is 26.2 Å². The second kappa shape index (κ2) is 8.35. The number of fused-ring (bicyclic) bond motifs is 1. The van der Waals surface area contributed by atoms with E-state index in [9.17, 15) is 9.59 Å². The third-order valence-corrected chi connectivity index (χ3v) is 5.31. The third kappa shape index (κ3) is 4.84. The molecular weight excluding hydrogens is 370 g/mol. The topological polar surface area (TPSA) is 70.6 Å². The third-order valence-electron chi connectivity index (χ3n) is 4.33. The van der Waals surface area contributed by atoms with E-state index in [0.717, 1.165) is 16.5 Å². The maximum absolute atomic E-state index is 12.2. The number of amides is 2. The van der Waals surface area contributed by atoms with Gasteiger partial charge < -0.3 is 5.32 Å². The molecule has 3 aromatic rings. The summed E-state index contributed by atoms with van der Waals surface area (Å²) >= 11 is 1.63. The molecule has 2 N–H and O–H groups in total. The van der Waals surface area contributed by atoms with Crippen molar-refractivity contribution < 1.29 is 9.59 Å². The molecule has 6 heteroatoms. The van der Waals surface area contributed by atoms with E-state index in [0.29, 0.717) is 5.56 Å². The van der Waals surface area contributed by atoms with Crippen molar-refractivity contribution in [2.24, 2.45) is 5.10 Å². The number of hydrogen-bond donors (Lipinski definition) is 2. The number of hydrazone groups is 1. The molecule has 0 aliphatic carbocycles. The fourth-order valence-electron chi connectivity index (χ4n) is 2.70. The Bertz CT molecular complexity index is 1010. The van der Waals surface area contributed by atoms with Gasteiger partial charge in [0.1, 0.15) is 0 Å². The fourth-order valence-corrected chi connectivity index (χ4v) is 3.61. The van der Waals surface area contributed by atoms with Crippen molar-refractivity contribution in [3.05, 3.63) is 70.6 Å². The van der Waals surface area contributed by atoms with Crippen molar-refractivity contribution in [2.75, 3.05) is 6.54 Å². The summed E-state index contributed by atoms with van der Waals surface area (Å²) in [4.78, 5) is 24.1. The summed E-state index contributed by atoms with van der Waals surface area (Å²) in [7, 11) is 0. The van der Waals surface area contributed by atoms with Crippen molar-refractivity contribution in [3.63, 3.8) is 0 Å². The van der Waals surface area contributed by atoms with E-state index < -0.39 is 0 Å². The number of benzene rings is 2. The maximum atomic E-state index is 12.2. The molecule has 0 bridgehead atoms. The summed E-state index contributed by atoms with van der Waals surface area (Å²) in [6.45, 7) is 6.21. The first kappa shape index (κ1) is 19.8. The van der Waals surface area contributed by atoms with Gasteiger partial charge >= 0.3 is 0 Å². The van der Waals surface area contributed by atoms with Gasteiger partial charge in [-0.3, -0.25) is 9.59 Å². The average molecular weight is 394 g/mol. The molecule has 0 unspecified atom stereocenters. The van der Waals surface area contributed by atoms with Crippen LogP contribution in [0.4, 0.5) is 0 Å². The van der Waals surface area contributed by atoms with Crippen LogP contribution >= 0.6 is 11.3 Å². The van der Waals surface area contributed by atoms with E-state index in [4.69, 9.17) is 0 Å². The van der Waals surface area contributed by atoms with Crippen LogP contribution in [0.1, 0.15) is 42.3 Å². The SMILES string of the molecule is CC(C)(C)c1ccc(C(=O)NCC(=O)N/N=C/c2csc3ccccc23)cc1. The van der Waals surface area contributed by atoms with Gasteiger partial charge in [-0.2, -0.15) is 5.10 Å². The van der Waals surface area contributed by atoms with E-state index in [1.54, 1.807) is 29.7 Å². The number of carbonyl (C=O) groups is 2. The van der Waals surface area contributed by atoms with Crippen LogP contribution in [0.2, 0.25) is 0 Å². The van der Waals surface area contributed by atoms with E-state index in [1.807, 2.05) is 41.8 Å². The fraction of sp³-hybridized carbons (Fsp3) is 0.227. The molecule has 2 aromatic carbocycles. The predicted molar refractivity (Wildman–Crippen MR) is 115 cm³/mol. The maximum Gasteiger partial charge on any atom is 0.259 e. The second-order valence-corrected chi connectivity index (χ2v) is 8.40. The number of rotatable bonds is 5. The summed E-state index contributed by atoms with van der Waals surface area (Å²) in [6, 6.07) is 15.4. The molecule has 144 valence electrons. The first-order valence-corrected chi connectivity index (χ1v) is 9.89. The van der Waals surface area contributed by atoms with Crippen LogP contribution in [0.25, 0.3) is 10.1 Å². The van der Waals surface area contributed by atoms with Gasteiger partial charge in [0, 0.05) is 26.6 Å². The normalized spacial score (nSPS) is 11.7. The van der Waals surface area contributed by atoms with Crippen molar-refractivity contribution in [1.29, 1.82) is 0 Å². The molecule has 0 spiro atoms. The minimum atomic E-state index is -0.379. The lowest BCUT2D eigenvalue weighted by molar-refractivity contribution is -0.120. The first-order valence-electron chi connectivity index (χ1n) is 9.01. The highest BCUT2D eigenvalue weighted by molar-refractivity contribution is 7.17. The van der Waals surface area contributed by atoms with Gasteiger partial charge in [-0.25, -0.2) is 5.43 Å². The van der Waals surface area contributed by atoms with E-state index in [2.05, 4.69) is 36.6 Å². The van der Waals surface area contributed by atoms with Crippen LogP contribution in [0.3, 0.4) is 0 Å².